The van der Waals surface area contributed by atoms with Crippen molar-refractivity contribution in [3.63, 3.8) is 0 Å². The van der Waals surface area contributed by atoms with Crippen LogP contribution in [0.4, 0.5) is 0 Å². The number of H-pyrrole nitrogens is 2. The average molecular weight is 760 g/mol. The SMILES string of the molecule is N[C@@H](CS)C(=O)N[C@@H](Cc1c[nH]c2ccccc12)C(=O)N[C@@H](Cc1ccc(O)cc1)C(=O)N[C@@H](Cc1c[nH]c2ccccc12)C(=O)N[C@@H](CS)C(=O)O. The van der Waals surface area contributed by atoms with Crippen molar-refractivity contribution in [3.05, 3.63) is 102 Å². The van der Waals surface area contributed by atoms with E-state index in [1.165, 1.54) is 12.1 Å². The van der Waals surface area contributed by atoms with Crippen molar-refractivity contribution in [2.24, 2.45) is 5.73 Å². The minimum absolute atomic E-state index is 0.00606. The zero-order valence-corrected chi connectivity index (χ0v) is 30.2. The molecule has 10 N–H and O–H groups in total. The number of phenolic OH excluding ortho intramolecular Hbond substituents is 1. The fourth-order valence-corrected chi connectivity index (χ4v) is 6.31. The van der Waals surface area contributed by atoms with Crippen LogP contribution in [-0.4, -0.2) is 91.5 Å². The number of nitrogens with two attached hydrogens (primary N) is 1. The number of para-hydroxylation sites is 2. The van der Waals surface area contributed by atoms with Crippen LogP contribution in [0, 0.1) is 0 Å². The molecule has 0 aliphatic carbocycles. The van der Waals surface area contributed by atoms with Gasteiger partial charge in [-0.2, -0.15) is 25.3 Å². The molecule has 0 unspecified atom stereocenters. The van der Waals surface area contributed by atoms with Crippen LogP contribution in [-0.2, 0) is 43.2 Å². The maximum atomic E-state index is 14.2. The molecule has 0 bridgehead atoms. The first-order valence-corrected chi connectivity index (χ1v) is 18.0. The van der Waals surface area contributed by atoms with Gasteiger partial charge in [0, 0.05) is 65.0 Å². The number of thiol groups is 2. The number of carboxylic acid groups (broad SMARTS) is 1. The Labute approximate surface area is 315 Å². The number of aromatic nitrogens is 2. The van der Waals surface area contributed by atoms with E-state index in [9.17, 15) is 34.2 Å². The molecule has 0 spiro atoms. The maximum absolute atomic E-state index is 14.2. The lowest BCUT2D eigenvalue weighted by molar-refractivity contribution is -0.141. The van der Waals surface area contributed by atoms with Gasteiger partial charge in [0.15, 0.2) is 0 Å². The molecule has 3 aromatic carbocycles. The Morgan fingerprint density at radius 1 is 0.604 bits per heavy atom. The zero-order chi connectivity index (χ0) is 38.1. The summed E-state index contributed by atoms with van der Waals surface area (Å²) in [6.45, 7) is 0. The number of carbonyl (C=O) groups is 5. The summed E-state index contributed by atoms with van der Waals surface area (Å²) in [6, 6.07) is 14.7. The van der Waals surface area contributed by atoms with Crippen LogP contribution >= 0.6 is 25.3 Å². The van der Waals surface area contributed by atoms with E-state index >= 15 is 0 Å². The van der Waals surface area contributed by atoms with Crippen molar-refractivity contribution >= 4 is 76.7 Å². The molecule has 0 saturated carbocycles. The molecule has 53 heavy (non-hydrogen) atoms. The van der Waals surface area contributed by atoms with Gasteiger partial charge in [-0.1, -0.05) is 48.5 Å². The van der Waals surface area contributed by atoms with Gasteiger partial charge in [-0.3, -0.25) is 19.2 Å². The van der Waals surface area contributed by atoms with Crippen LogP contribution < -0.4 is 27.0 Å². The molecule has 0 aliphatic heterocycles. The molecule has 14 nitrogen and oxygen atoms in total. The second-order valence-electron chi connectivity index (χ2n) is 12.6. The number of carbonyl (C=O) groups excluding carboxylic acids is 4. The lowest BCUT2D eigenvalue weighted by Crippen LogP contribution is -2.59. The van der Waals surface area contributed by atoms with Gasteiger partial charge >= 0.3 is 5.97 Å². The minimum atomic E-state index is -1.33. The maximum Gasteiger partial charge on any atom is 0.327 e. The van der Waals surface area contributed by atoms with Crippen LogP contribution in [0.2, 0.25) is 0 Å². The second kappa shape index (κ2) is 17.9. The number of aliphatic carboxylic acids is 1. The van der Waals surface area contributed by atoms with Crippen molar-refractivity contribution in [2.75, 3.05) is 11.5 Å². The largest absolute Gasteiger partial charge is 0.508 e. The predicted octanol–water partition coefficient (Wildman–Crippen LogP) is 1.59. The number of benzene rings is 3. The van der Waals surface area contributed by atoms with Crippen LogP contribution in [0.25, 0.3) is 21.8 Å². The third-order valence-electron chi connectivity index (χ3n) is 8.80. The minimum Gasteiger partial charge on any atom is -0.508 e. The van der Waals surface area contributed by atoms with Gasteiger partial charge in [0.2, 0.25) is 23.6 Å². The Hall–Kier alpha value is -5.45. The third-order valence-corrected chi connectivity index (χ3v) is 9.56. The lowest BCUT2D eigenvalue weighted by atomic mass is 10.00. The lowest BCUT2D eigenvalue weighted by Gasteiger charge is -2.26. The normalized spacial score (nSPS) is 14.1. The summed E-state index contributed by atoms with van der Waals surface area (Å²) in [6.07, 6.45) is 3.38. The summed E-state index contributed by atoms with van der Waals surface area (Å²) in [7, 11) is 0. The highest BCUT2D eigenvalue weighted by Gasteiger charge is 2.33. The molecule has 5 aromatic rings. The smallest absolute Gasteiger partial charge is 0.327 e. The Bertz CT molecular complexity index is 2080. The second-order valence-corrected chi connectivity index (χ2v) is 13.3. The van der Waals surface area contributed by atoms with E-state index in [0.717, 1.165) is 27.4 Å². The van der Waals surface area contributed by atoms with E-state index < -0.39 is 59.8 Å². The predicted molar refractivity (Wildman–Crippen MR) is 207 cm³/mol. The van der Waals surface area contributed by atoms with Crippen molar-refractivity contribution in [3.8, 4) is 5.75 Å². The van der Waals surface area contributed by atoms with Gasteiger partial charge in [0.05, 0.1) is 6.04 Å². The Morgan fingerprint density at radius 3 is 1.49 bits per heavy atom. The molecule has 0 aliphatic rings. The number of hydrogen-bond donors (Lipinski definition) is 11. The van der Waals surface area contributed by atoms with Crippen molar-refractivity contribution in [1.29, 1.82) is 0 Å². The summed E-state index contributed by atoms with van der Waals surface area (Å²) < 4.78 is 0. The van der Waals surface area contributed by atoms with Crippen LogP contribution in [0.1, 0.15) is 16.7 Å². The average Bonchev–Trinajstić information content (AvgIpc) is 3.76. The molecule has 4 amide bonds. The summed E-state index contributed by atoms with van der Waals surface area (Å²) in [5.41, 5.74) is 9.53. The highest BCUT2D eigenvalue weighted by atomic mass is 32.1. The number of phenols is 1. The number of amides is 4. The molecule has 16 heteroatoms. The number of aromatic amines is 2. The standard InChI is InChI=1S/C37H41N7O7S2/c38-26(18-52)33(46)41-30(14-21-16-39-27-7-3-1-5-24(21)27)35(48)42-29(13-20-9-11-23(45)12-10-20)34(47)43-31(36(49)44-32(19-53)37(50)51)15-22-17-40-28-8-4-2-6-25(22)28/h1-12,16-17,26,29-32,39-40,45,52-53H,13-15,18-19,38H2,(H,41,46)(H,42,48)(H,43,47)(H,44,49)(H,50,51)/t26-,29-,30-,31-,32-/m0/s1. The van der Waals surface area contributed by atoms with E-state index in [1.807, 2.05) is 48.5 Å². The Morgan fingerprint density at radius 2 is 1.04 bits per heavy atom. The van der Waals surface area contributed by atoms with Gasteiger partial charge in [-0.15, -0.1) is 0 Å². The van der Waals surface area contributed by atoms with E-state index in [4.69, 9.17) is 5.73 Å². The quantitative estimate of drug-likeness (QED) is 0.0622. The number of nitrogens with one attached hydrogen (secondary N) is 6. The van der Waals surface area contributed by atoms with Gasteiger partial charge < -0.3 is 47.2 Å². The molecular formula is C37H41N7O7S2. The first kappa shape index (κ1) is 38.8. The van der Waals surface area contributed by atoms with E-state index in [2.05, 4.69) is 56.5 Å². The molecule has 0 radical (unpaired) electrons. The van der Waals surface area contributed by atoms with E-state index in [-0.39, 0.29) is 36.5 Å². The van der Waals surface area contributed by atoms with E-state index in [0.29, 0.717) is 11.1 Å². The molecule has 2 aromatic heterocycles. The summed E-state index contributed by atoms with van der Waals surface area (Å²) >= 11 is 8.17. The molecular weight excluding hydrogens is 719 g/mol. The third kappa shape index (κ3) is 9.91. The van der Waals surface area contributed by atoms with Crippen molar-refractivity contribution in [2.45, 2.75) is 49.5 Å². The summed E-state index contributed by atoms with van der Waals surface area (Å²) in [5.74, 6) is -4.33. The summed E-state index contributed by atoms with van der Waals surface area (Å²) in [5, 5.41) is 31.7. The van der Waals surface area contributed by atoms with Gasteiger partial charge in [0.25, 0.3) is 0 Å². The van der Waals surface area contributed by atoms with Crippen molar-refractivity contribution in [1.82, 2.24) is 31.2 Å². The van der Waals surface area contributed by atoms with Crippen LogP contribution in [0.5, 0.6) is 5.75 Å². The van der Waals surface area contributed by atoms with Gasteiger partial charge in [0.1, 0.15) is 29.9 Å². The number of carboxylic acids is 1. The fraction of sp³-hybridized carbons (Fsp3) is 0.270. The van der Waals surface area contributed by atoms with Crippen LogP contribution in [0.3, 0.4) is 0 Å². The molecule has 2 heterocycles. The van der Waals surface area contributed by atoms with Gasteiger partial charge in [-0.25, -0.2) is 4.79 Å². The topological polar surface area (TPSA) is 232 Å². The fourth-order valence-electron chi connectivity index (χ4n) is 5.90. The first-order chi connectivity index (χ1) is 25.5. The summed E-state index contributed by atoms with van der Waals surface area (Å²) in [4.78, 5) is 73.0. The number of aromatic hydroxyl groups is 1. The highest BCUT2D eigenvalue weighted by molar-refractivity contribution is 7.80. The Kier molecular flexibility index (Phi) is 13.1. The monoisotopic (exact) mass is 759 g/mol. The first-order valence-electron chi connectivity index (χ1n) is 16.8. The molecule has 5 atom stereocenters. The highest BCUT2D eigenvalue weighted by Crippen LogP contribution is 2.21. The van der Waals surface area contributed by atoms with Crippen molar-refractivity contribution < 1.29 is 34.2 Å². The zero-order valence-electron chi connectivity index (χ0n) is 28.4. The van der Waals surface area contributed by atoms with Gasteiger partial charge in [-0.05, 0) is 41.0 Å². The number of rotatable bonds is 17. The molecule has 0 fully saturated rings. The Balaban J connectivity index is 1.45. The van der Waals surface area contributed by atoms with E-state index in [1.54, 1.807) is 24.5 Å². The molecule has 0 saturated heterocycles. The number of hydrogen-bond acceptors (Lipinski definition) is 9. The molecule has 278 valence electrons. The number of fused-ring (bicyclic) bond motifs is 2. The molecule has 5 rings (SSSR count). The van der Waals surface area contributed by atoms with Crippen LogP contribution in [0.15, 0.2) is 85.2 Å².